The summed E-state index contributed by atoms with van der Waals surface area (Å²) in [5, 5.41) is 1.78. The number of aliphatic imine (C=N–C) groups is 1. The number of halogens is 3. The third-order valence-corrected chi connectivity index (χ3v) is 5.03. The Bertz CT molecular complexity index is 1130. The molecular weight excluding hydrogens is 423 g/mol. The summed E-state index contributed by atoms with van der Waals surface area (Å²) in [6, 6.07) is 19.7. The fourth-order valence-electron chi connectivity index (χ4n) is 3.43. The van der Waals surface area contributed by atoms with Crippen LogP contribution in [0.5, 0.6) is 0 Å². The predicted molar refractivity (Wildman–Crippen MR) is 110 cm³/mol. The number of carbonyl (C=O) groups excluding carboxylic acids is 2. The zero-order valence-electron chi connectivity index (χ0n) is 16.7. The molecule has 1 atom stereocenters. The maximum absolute atomic E-state index is 14.3. The quantitative estimate of drug-likeness (QED) is 0.632. The highest BCUT2D eigenvalue weighted by Crippen LogP contribution is 2.38. The van der Waals surface area contributed by atoms with Gasteiger partial charge >= 0.3 is 11.8 Å². The monoisotopic (exact) mass is 441 g/mol. The van der Waals surface area contributed by atoms with Crippen molar-refractivity contribution in [3.05, 3.63) is 95.9 Å². The second kappa shape index (κ2) is 8.33. The predicted octanol–water partition coefficient (Wildman–Crippen LogP) is 3.80. The van der Waals surface area contributed by atoms with Gasteiger partial charge in [-0.05, 0) is 24.1 Å². The highest BCUT2D eigenvalue weighted by atomic mass is 19.4. The molecule has 0 saturated heterocycles. The smallest absolute Gasteiger partial charge is 0.442 e. The van der Waals surface area contributed by atoms with Gasteiger partial charge in [0.05, 0.1) is 6.26 Å². The minimum absolute atomic E-state index is 0.0506. The van der Waals surface area contributed by atoms with Crippen LogP contribution in [0.3, 0.4) is 0 Å². The van der Waals surface area contributed by atoms with Gasteiger partial charge in [-0.25, -0.2) is 4.99 Å². The van der Waals surface area contributed by atoms with Gasteiger partial charge in [-0.15, -0.1) is 0 Å². The number of hydrogen-bond donors (Lipinski definition) is 1. The normalized spacial score (nSPS) is 18.5. The van der Waals surface area contributed by atoms with Crippen LogP contribution in [-0.4, -0.2) is 40.9 Å². The fourth-order valence-corrected chi connectivity index (χ4v) is 3.43. The summed E-state index contributed by atoms with van der Waals surface area (Å²) in [4.78, 5) is 30.4. The lowest BCUT2D eigenvalue weighted by molar-refractivity contribution is -0.196. The van der Waals surface area contributed by atoms with Crippen molar-refractivity contribution >= 4 is 17.6 Å². The standard InChI is InChI=1S/C23H18F3N3O3/c24-23(25,26)22(28-20(30)18-12-7-15-32-18)21(31)29(14-13-16-8-3-1-4-9-16)19(27-22)17-10-5-2-6-11-17/h1-12,15H,13-14H2,(H,28,30)/t22-/m0/s1. The molecule has 32 heavy (non-hydrogen) atoms. The highest BCUT2D eigenvalue weighted by molar-refractivity contribution is 6.16. The van der Waals surface area contributed by atoms with Crippen LogP contribution in [-0.2, 0) is 11.2 Å². The number of amidine groups is 1. The molecule has 2 amide bonds. The summed E-state index contributed by atoms with van der Waals surface area (Å²) in [7, 11) is 0. The first-order valence-electron chi connectivity index (χ1n) is 9.76. The number of rotatable bonds is 6. The molecule has 2 aromatic carbocycles. The minimum Gasteiger partial charge on any atom is -0.459 e. The van der Waals surface area contributed by atoms with Crippen LogP contribution >= 0.6 is 0 Å². The molecule has 4 rings (SSSR count). The van der Waals surface area contributed by atoms with E-state index in [4.69, 9.17) is 4.42 Å². The summed E-state index contributed by atoms with van der Waals surface area (Å²) in [5.41, 5.74) is -2.29. The van der Waals surface area contributed by atoms with Crippen molar-refractivity contribution in [2.75, 3.05) is 6.54 Å². The summed E-state index contributed by atoms with van der Waals surface area (Å²) < 4.78 is 47.8. The number of benzene rings is 2. The molecule has 2 heterocycles. The SMILES string of the molecule is O=C(N[C@@]1(C(F)(F)F)N=C(c2ccccc2)N(CCc2ccccc2)C1=O)c1ccco1. The van der Waals surface area contributed by atoms with E-state index < -0.39 is 23.7 Å². The molecule has 0 saturated carbocycles. The van der Waals surface area contributed by atoms with Gasteiger partial charge < -0.3 is 9.73 Å². The number of carbonyl (C=O) groups is 2. The van der Waals surface area contributed by atoms with E-state index in [0.29, 0.717) is 12.0 Å². The molecule has 0 fully saturated rings. The summed E-state index contributed by atoms with van der Waals surface area (Å²) in [5.74, 6) is -3.09. The molecule has 0 unspecified atom stereocenters. The van der Waals surface area contributed by atoms with Crippen molar-refractivity contribution in [1.82, 2.24) is 10.2 Å². The maximum atomic E-state index is 14.3. The molecule has 164 valence electrons. The molecule has 3 aromatic rings. The molecular formula is C23H18F3N3O3. The Morgan fingerprint density at radius 3 is 2.25 bits per heavy atom. The Balaban J connectivity index is 1.74. The van der Waals surface area contributed by atoms with Gasteiger partial charge in [0.25, 0.3) is 11.8 Å². The Morgan fingerprint density at radius 2 is 1.66 bits per heavy atom. The van der Waals surface area contributed by atoms with Crippen LogP contribution in [0.25, 0.3) is 0 Å². The van der Waals surface area contributed by atoms with Gasteiger partial charge in [0.2, 0.25) is 0 Å². The van der Waals surface area contributed by atoms with Crippen molar-refractivity contribution in [2.45, 2.75) is 18.3 Å². The minimum atomic E-state index is -5.19. The van der Waals surface area contributed by atoms with E-state index in [0.717, 1.165) is 16.7 Å². The Kier molecular flexibility index (Phi) is 5.56. The highest BCUT2D eigenvalue weighted by Gasteiger charge is 2.67. The molecule has 1 aromatic heterocycles. The van der Waals surface area contributed by atoms with Gasteiger partial charge in [0.1, 0.15) is 5.84 Å². The maximum Gasteiger partial charge on any atom is 0.442 e. The van der Waals surface area contributed by atoms with E-state index in [2.05, 4.69) is 4.99 Å². The first-order valence-corrected chi connectivity index (χ1v) is 9.76. The van der Waals surface area contributed by atoms with Crippen molar-refractivity contribution in [3.8, 4) is 0 Å². The molecule has 6 nitrogen and oxygen atoms in total. The summed E-state index contributed by atoms with van der Waals surface area (Å²) in [6.45, 7) is -0.0506. The summed E-state index contributed by atoms with van der Waals surface area (Å²) in [6.07, 6.45) is -3.73. The second-order valence-electron chi connectivity index (χ2n) is 7.13. The van der Waals surface area contributed by atoms with E-state index in [1.54, 1.807) is 47.8 Å². The van der Waals surface area contributed by atoms with E-state index in [1.807, 2.05) is 18.2 Å². The molecule has 0 spiro atoms. The molecule has 9 heteroatoms. The summed E-state index contributed by atoms with van der Waals surface area (Å²) >= 11 is 0. The zero-order chi connectivity index (χ0) is 22.8. The molecule has 1 N–H and O–H groups in total. The lowest BCUT2D eigenvalue weighted by Gasteiger charge is -2.28. The third kappa shape index (κ3) is 3.89. The van der Waals surface area contributed by atoms with Gasteiger partial charge in [0.15, 0.2) is 5.76 Å². The molecule has 0 bridgehead atoms. The van der Waals surface area contributed by atoms with Gasteiger partial charge in [0, 0.05) is 12.1 Å². The van der Waals surface area contributed by atoms with Crippen LogP contribution in [0.15, 0.2) is 88.5 Å². The number of amides is 2. The molecule has 0 radical (unpaired) electrons. The fraction of sp³-hybridized carbons (Fsp3) is 0.174. The van der Waals surface area contributed by atoms with Gasteiger partial charge in [-0.1, -0.05) is 60.7 Å². The Morgan fingerprint density at radius 1 is 1.00 bits per heavy atom. The first-order chi connectivity index (χ1) is 15.3. The number of nitrogens with zero attached hydrogens (tertiary/aromatic N) is 2. The lowest BCUT2D eigenvalue weighted by Crippen LogP contribution is -2.63. The van der Waals surface area contributed by atoms with Crippen molar-refractivity contribution in [3.63, 3.8) is 0 Å². The van der Waals surface area contributed by atoms with Crippen molar-refractivity contribution in [1.29, 1.82) is 0 Å². The molecule has 1 aliphatic rings. The van der Waals surface area contributed by atoms with E-state index >= 15 is 0 Å². The average molecular weight is 441 g/mol. The Labute approximate surface area is 181 Å². The van der Waals surface area contributed by atoms with E-state index in [9.17, 15) is 22.8 Å². The van der Waals surface area contributed by atoms with Gasteiger partial charge in [-0.3, -0.25) is 14.5 Å². The van der Waals surface area contributed by atoms with Crippen LogP contribution in [0, 0.1) is 0 Å². The zero-order valence-corrected chi connectivity index (χ0v) is 16.7. The number of alkyl halides is 3. The second-order valence-corrected chi connectivity index (χ2v) is 7.13. The van der Waals surface area contributed by atoms with Crippen molar-refractivity contribution in [2.24, 2.45) is 4.99 Å². The molecule has 1 aliphatic heterocycles. The Hall–Kier alpha value is -3.88. The van der Waals surface area contributed by atoms with Crippen LogP contribution in [0.4, 0.5) is 13.2 Å². The van der Waals surface area contributed by atoms with E-state index in [1.165, 1.54) is 12.1 Å². The van der Waals surface area contributed by atoms with E-state index in [-0.39, 0.29) is 18.1 Å². The van der Waals surface area contributed by atoms with Crippen LogP contribution in [0.2, 0.25) is 0 Å². The topological polar surface area (TPSA) is 74.9 Å². The lowest BCUT2D eigenvalue weighted by atomic mass is 10.1. The first kappa shape index (κ1) is 21.4. The van der Waals surface area contributed by atoms with Gasteiger partial charge in [-0.2, -0.15) is 13.2 Å². The van der Waals surface area contributed by atoms with Crippen LogP contribution < -0.4 is 5.32 Å². The number of hydrogen-bond acceptors (Lipinski definition) is 4. The molecule has 0 aliphatic carbocycles. The largest absolute Gasteiger partial charge is 0.459 e. The number of nitrogens with one attached hydrogen (secondary N) is 1. The van der Waals surface area contributed by atoms with Crippen LogP contribution in [0.1, 0.15) is 21.7 Å². The average Bonchev–Trinajstić information content (AvgIpc) is 3.41. The number of furan rings is 1. The third-order valence-electron chi connectivity index (χ3n) is 5.03. The van der Waals surface area contributed by atoms with Crippen molar-refractivity contribution < 1.29 is 27.2 Å².